The number of nitrogens with one attached hydrogen (secondary N) is 2. The van der Waals surface area contributed by atoms with Gasteiger partial charge in [-0.15, -0.1) is 11.3 Å². The number of nitrogens with zero attached hydrogens (tertiary/aromatic N) is 4. The Morgan fingerprint density at radius 2 is 2.14 bits per heavy atom. The van der Waals surface area contributed by atoms with Crippen molar-refractivity contribution in [1.29, 1.82) is 0 Å². The highest BCUT2D eigenvalue weighted by molar-refractivity contribution is 7.14. The molecular weight excluding hydrogens is 375 g/mol. The van der Waals surface area contributed by atoms with Crippen LogP contribution in [0.3, 0.4) is 0 Å². The lowest BCUT2D eigenvalue weighted by Gasteiger charge is -2.10. The number of benzene rings is 1. The SMILES string of the molecule is Cc1cn(-c2ccc(-c3csc(Nc4n[nH]c5c4CCCC5)n3)cc2F)cn1. The number of anilines is 2. The number of hydrogen-bond donors (Lipinski definition) is 2. The summed E-state index contributed by atoms with van der Waals surface area (Å²) in [6.07, 6.45) is 7.89. The Hall–Kier alpha value is -3.00. The zero-order valence-electron chi connectivity index (χ0n) is 15.4. The van der Waals surface area contributed by atoms with Crippen LogP contribution in [0, 0.1) is 12.7 Å². The molecule has 0 amide bonds. The number of aromatic amines is 1. The lowest BCUT2D eigenvalue weighted by atomic mass is 9.98. The maximum Gasteiger partial charge on any atom is 0.188 e. The van der Waals surface area contributed by atoms with Gasteiger partial charge in [-0.05, 0) is 44.7 Å². The fourth-order valence-electron chi connectivity index (χ4n) is 3.58. The van der Waals surface area contributed by atoms with E-state index in [9.17, 15) is 4.39 Å². The molecule has 0 spiro atoms. The van der Waals surface area contributed by atoms with E-state index in [1.165, 1.54) is 41.5 Å². The second kappa shape index (κ2) is 6.87. The molecule has 1 aliphatic carbocycles. The van der Waals surface area contributed by atoms with Gasteiger partial charge in [-0.1, -0.05) is 6.07 Å². The van der Waals surface area contributed by atoms with Crippen LogP contribution in [0.1, 0.15) is 29.8 Å². The molecule has 1 aliphatic rings. The third-order valence-electron chi connectivity index (χ3n) is 5.02. The molecule has 0 fully saturated rings. The number of halogens is 1. The Morgan fingerprint density at radius 1 is 1.25 bits per heavy atom. The van der Waals surface area contributed by atoms with Gasteiger partial charge in [0.2, 0.25) is 0 Å². The lowest BCUT2D eigenvalue weighted by Crippen LogP contribution is -2.02. The topological polar surface area (TPSA) is 71.4 Å². The zero-order chi connectivity index (χ0) is 19.1. The zero-order valence-corrected chi connectivity index (χ0v) is 16.2. The summed E-state index contributed by atoms with van der Waals surface area (Å²) in [5, 5.41) is 13.5. The van der Waals surface area contributed by atoms with Gasteiger partial charge in [0.05, 0.1) is 23.4 Å². The van der Waals surface area contributed by atoms with Crippen molar-refractivity contribution in [1.82, 2.24) is 24.7 Å². The first-order valence-electron chi connectivity index (χ1n) is 9.27. The van der Waals surface area contributed by atoms with Crippen molar-refractivity contribution in [2.75, 3.05) is 5.32 Å². The second-order valence-electron chi connectivity index (χ2n) is 6.99. The molecule has 4 aromatic rings. The number of H-pyrrole nitrogens is 1. The summed E-state index contributed by atoms with van der Waals surface area (Å²) in [5.41, 5.74) is 5.28. The summed E-state index contributed by atoms with van der Waals surface area (Å²) in [5.74, 6) is 0.548. The minimum absolute atomic E-state index is 0.307. The molecule has 0 unspecified atom stereocenters. The summed E-state index contributed by atoms with van der Waals surface area (Å²) >= 11 is 1.49. The molecule has 8 heteroatoms. The van der Waals surface area contributed by atoms with Crippen LogP contribution < -0.4 is 5.32 Å². The number of rotatable bonds is 4. The van der Waals surface area contributed by atoms with E-state index in [1.54, 1.807) is 23.2 Å². The van der Waals surface area contributed by atoms with Gasteiger partial charge >= 0.3 is 0 Å². The average molecular weight is 394 g/mol. The predicted molar refractivity (Wildman–Crippen MR) is 108 cm³/mol. The molecule has 3 heterocycles. The molecule has 6 nitrogen and oxygen atoms in total. The minimum atomic E-state index is -0.307. The lowest BCUT2D eigenvalue weighted by molar-refractivity contribution is 0.618. The third-order valence-corrected chi connectivity index (χ3v) is 5.78. The van der Waals surface area contributed by atoms with E-state index in [4.69, 9.17) is 0 Å². The van der Waals surface area contributed by atoms with Gasteiger partial charge in [0.15, 0.2) is 10.9 Å². The van der Waals surface area contributed by atoms with E-state index in [0.717, 1.165) is 40.7 Å². The molecular formula is C20H19FN6S. The molecule has 0 atom stereocenters. The molecule has 0 saturated heterocycles. The van der Waals surface area contributed by atoms with Crippen LogP contribution in [0.2, 0.25) is 0 Å². The highest BCUT2D eigenvalue weighted by Gasteiger charge is 2.18. The monoisotopic (exact) mass is 394 g/mol. The molecule has 5 rings (SSSR count). The van der Waals surface area contributed by atoms with E-state index >= 15 is 0 Å². The molecule has 0 radical (unpaired) electrons. The molecule has 142 valence electrons. The highest BCUT2D eigenvalue weighted by atomic mass is 32.1. The van der Waals surface area contributed by atoms with Gasteiger partial charge in [-0.25, -0.2) is 14.4 Å². The van der Waals surface area contributed by atoms with Gasteiger partial charge in [0, 0.05) is 28.4 Å². The largest absolute Gasteiger partial charge is 0.314 e. The minimum Gasteiger partial charge on any atom is -0.314 e. The smallest absolute Gasteiger partial charge is 0.188 e. The fourth-order valence-corrected chi connectivity index (χ4v) is 4.30. The van der Waals surface area contributed by atoms with Crippen molar-refractivity contribution in [2.45, 2.75) is 32.6 Å². The maximum absolute atomic E-state index is 14.6. The Balaban J connectivity index is 1.39. The molecule has 2 N–H and O–H groups in total. The summed E-state index contributed by atoms with van der Waals surface area (Å²) in [7, 11) is 0. The number of hydrogen-bond acceptors (Lipinski definition) is 5. The van der Waals surface area contributed by atoms with E-state index in [0.29, 0.717) is 5.69 Å². The van der Waals surface area contributed by atoms with Crippen molar-refractivity contribution in [2.24, 2.45) is 0 Å². The predicted octanol–water partition coefficient (Wildman–Crippen LogP) is 4.79. The van der Waals surface area contributed by atoms with Crippen LogP contribution in [-0.2, 0) is 12.8 Å². The number of aryl methyl sites for hydroxylation is 2. The average Bonchev–Trinajstić information content (AvgIpc) is 3.43. The van der Waals surface area contributed by atoms with Gasteiger partial charge in [0.1, 0.15) is 5.82 Å². The second-order valence-corrected chi connectivity index (χ2v) is 7.85. The summed E-state index contributed by atoms with van der Waals surface area (Å²) in [6, 6.07) is 5.14. The number of thiazole rings is 1. The van der Waals surface area contributed by atoms with Crippen LogP contribution in [-0.4, -0.2) is 24.7 Å². The van der Waals surface area contributed by atoms with Crippen molar-refractivity contribution in [3.05, 3.63) is 58.9 Å². The van der Waals surface area contributed by atoms with Crippen LogP contribution in [0.5, 0.6) is 0 Å². The molecule has 0 bridgehead atoms. The molecule has 1 aromatic carbocycles. The molecule has 28 heavy (non-hydrogen) atoms. The van der Waals surface area contributed by atoms with Gasteiger partial charge < -0.3 is 9.88 Å². The number of fused-ring (bicyclic) bond motifs is 1. The van der Waals surface area contributed by atoms with Crippen LogP contribution in [0.15, 0.2) is 36.1 Å². The Morgan fingerprint density at radius 3 is 2.96 bits per heavy atom. The van der Waals surface area contributed by atoms with Crippen molar-refractivity contribution < 1.29 is 4.39 Å². The summed E-state index contributed by atoms with van der Waals surface area (Å²) < 4.78 is 16.3. The number of aromatic nitrogens is 5. The summed E-state index contributed by atoms with van der Waals surface area (Å²) in [4.78, 5) is 8.77. The first kappa shape index (κ1) is 17.1. The van der Waals surface area contributed by atoms with Crippen molar-refractivity contribution >= 4 is 22.3 Å². The quantitative estimate of drug-likeness (QED) is 0.522. The Kier molecular flexibility index (Phi) is 4.20. The standard InChI is InChI=1S/C20H19FN6S/c1-12-9-27(11-22-12)18-7-6-13(8-15(18)21)17-10-28-20(23-17)24-19-14-4-2-3-5-16(14)25-26-19/h6-11H,2-5H2,1H3,(H2,23,24,25,26). The Labute approximate surface area is 165 Å². The van der Waals surface area contributed by atoms with Crippen LogP contribution in [0.25, 0.3) is 16.9 Å². The van der Waals surface area contributed by atoms with E-state index in [1.807, 2.05) is 18.4 Å². The summed E-state index contributed by atoms with van der Waals surface area (Å²) in [6.45, 7) is 1.88. The maximum atomic E-state index is 14.6. The normalized spacial score (nSPS) is 13.5. The first-order chi connectivity index (χ1) is 13.7. The molecule has 3 aromatic heterocycles. The highest BCUT2D eigenvalue weighted by Crippen LogP contribution is 2.31. The van der Waals surface area contributed by atoms with Gasteiger partial charge in [-0.2, -0.15) is 5.10 Å². The number of imidazole rings is 1. The van der Waals surface area contributed by atoms with Gasteiger partial charge in [0.25, 0.3) is 0 Å². The molecule has 0 aliphatic heterocycles. The molecule has 0 saturated carbocycles. The van der Waals surface area contributed by atoms with E-state index < -0.39 is 0 Å². The van der Waals surface area contributed by atoms with Crippen molar-refractivity contribution in [3.63, 3.8) is 0 Å². The van der Waals surface area contributed by atoms with E-state index in [2.05, 4.69) is 25.5 Å². The van der Waals surface area contributed by atoms with Crippen molar-refractivity contribution in [3.8, 4) is 16.9 Å². The van der Waals surface area contributed by atoms with Crippen LogP contribution in [0.4, 0.5) is 15.3 Å². The van der Waals surface area contributed by atoms with E-state index in [-0.39, 0.29) is 5.82 Å². The first-order valence-corrected chi connectivity index (χ1v) is 10.1. The third kappa shape index (κ3) is 3.09. The fraction of sp³-hybridized carbons (Fsp3) is 0.250. The Bertz CT molecular complexity index is 1140. The van der Waals surface area contributed by atoms with Gasteiger partial charge in [-0.3, -0.25) is 5.10 Å². The van der Waals surface area contributed by atoms with Crippen LogP contribution >= 0.6 is 11.3 Å².